The summed E-state index contributed by atoms with van der Waals surface area (Å²) in [4.78, 5) is 16.3. The van der Waals surface area contributed by atoms with Crippen LogP contribution >= 0.6 is 0 Å². The van der Waals surface area contributed by atoms with Gasteiger partial charge in [0.15, 0.2) is 0 Å². The molecule has 0 bridgehead atoms. The number of hydrogen-bond donors (Lipinski definition) is 1. The van der Waals surface area contributed by atoms with Crippen molar-refractivity contribution in [1.29, 1.82) is 0 Å². The second kappa shape index (κ2) is 7.45. The molecule has 0 saturated carbocycles. The molecule has 0 aromatic carbocycles. The van der Waals surface area contributed by atoms with Gasteiger partial charge in [-0.1, -0.05) is 6.42 Å². The first-order chi connectivity index (χ1) is 9.94. The van der Waals surface area contributed by atoms with Crippen LogP contribution in [-0.2, 0) is 4.74 Å². The fraction of sp³-hybridized carbons (Fsp3) is 0.938. The number of nitrogens with zero attached hydrogens (tertiary/aromatic N) is 2. The highest BCUT2D eigenvalue weighted by Crippen LogP contribution is 2.14. The fourth-order valence-corrected chi connectivity index (χ4v) is 2.99. The molecule has 5 nitrogen and oxygen atoms in total. The van der Waals surface area contributed by atoms with Gasteiger partial charge < -0.3 is 15.0 Å². The van der Waals surface area contributed by atoms with Crippen LogP contribution in [0.1, 0.15) is 46.5 Å². The average Bonchev–Trinajstić information content (AvgIpc) is 2.45. The zero-order valence-corrected chi connectivity index (χ0v) is 13.9. The minimum absolute atomic E-state index is 0.170. The summed E-state index contributed by atoms with van der Waals surface area (Å²) >= 11 is 0. The minimum Gasteiger partial charge on any atom is -0.444 e. The molecule has 0 aromatic rings. The Labute approximate surface area is 129 Å². The van der Waals surface area contributed by atoms with Crippen molar-refractivity contribution in [2.45, 2.75) is 58.1 Å². The smallest absolute Gasteiger partial charge is 0.410 e. The number of piperidine rings is 1. The Morgan fingerprint density at radius 2 is 1.90 bits per heavy atom. The molecule has 1 atom stereocenters. The number of piperazine rings is 1. The summed E-state index contributed by atoms with van der Waals surface area (Å²) in [6, 6.07) is 0.697. The summed E-state index contributed by atoms with van der Waals surface area (Å²) in [6.07, 6.45) is 5.07. The van der Waals surface area contributed by atoms with Gasteiger partial charge >= 0.3 is 6.09 Å². The molecule has 0 radical (unpaired) electrons. The zero-order chi connectivity index (χ0) is 15.3. The summed E-state index contributed by atoms with van der Waals surface area (Å²) in [7, 11) is 0. The molecule has 2 aliphatic rings. The highest BCUT2D eigenvalue weighted by molar-refractivity contribution is 5.68. The Hall–Kier alpha value is -0.810. The van der Waals surface area contributed by atoms with Crippen LogP contribution in [0.2, 0.25) is 0 Å². The van der Waals surface area contributed by atoms with Crippen LogP contribution in [0.3, 0.4) is 0 Å². The monoisotopic (exact) mass is 297 g/mol. The van der Waals surface area contributed by atoms with E-state index in [4.69, 9.17) is 4.74 Å². The van der Waals surface area contributed by atoms with E-state index in [-0.39, 0.29) is 6.09 Å². The van der Waals surface area contributed by atoms with Gasteiger partial charge in [0.1, 0.15) is 5.60 Å². The number of carbonyl (C=O) groups excluding carboxylic acids is 1. The van der Waals surface area contributed by atoms with Gasteiger partial charge in [-0.25, -0.2) is 4.79 Å². The van der Waals surface area contributed by atoms with Crippen molar-refractivity contribution in [3.8, 4) is 0 Å². The van der Waals surface area contributed by atoms with E-state index in [0.717, 1.165) is 32.7 Å². The standard InChI is InChI=1S/C16H31N3O2/c1-16(2,3)21-15(20)19-12-10-18(11-13-19)9-7-14-6-4-5-8-17-14/h14,17H,4-13H2,1-3H3. The van der Waals surface area contributed by atoms with Crippen molar-refractivity contribution in [2.24, 2.45) is 0 Å². The van der Waals surface area contributed by atoms with Gasteiger partial charge in [-0.2, -0.15) is 0 Å². The fourth-order valence-electron chi connectivity index (χ4n) is 2.99. The third-order valence-electron chi connectivity index (χ3n) is 4.23. The highest BCUT2D eigenvalue weighted by Gasteiger charge is 2.26. The largest absolute Gasteiger partial charge is 0.444 e. The molecular formula is C16H31N3O2. The number of nitrogens with one attached hydrogen (secondary N) is 1. The van der Waals surface area contributed by atoms with E-state index in [1.54, 1.807) is 0 Å². The van der Waals surface area contributed by atoms with Crippen molar-refractivity contribution in [2.75, 3.05) is 39.3 Å². The van der Waals surface area contributed by atoms with Crippen molar-refractivity contribution < 1.29 is 9.53 Å². The Morgan fingerprint density at radius 1 is 1.19 bits per heavy atom. The Balaban J connectivity index is 1.64. The normalized spacial score (nSPS) is 24.9. The lowest BCUT2D eigenvalue weighted by atomic mass is 10.0. The highest BCUT2D eigenvalue weighted by atomic mass is 16.6. The molecule has 2 saturated heterocycles. The second-order valence-electron chi connectivity index (χ2n) is 7.24. The molecule has 0 aromatic heterocycles. The summed E-state index contributed by atoms with van der Waals surface area (Å²) in [5.74, 6) is 0. The second-order valence-corrected chi connectivity index (χ2v) is 7.24. The molecule has 0 aliphatic carbocycles. The molecule has 0 spiro atoms. The quantitative estimate of drug-likeness (QED) is 0.866. The van der Waals surface area contributed by atoms with Gasteiger partial charge in [-0.05, 0) is 53.1 Å². The zero-order valence-electron chi connectivity index (χ0n) is 13.9. The number of amides is 1. The van der Waals surface area contributed by atoms with Gasteiger partial charge in [0, 0.05) is 32.2 Å². The Bertz CT molecular complexity index is 327. The predicted molar refractivity (Wildman–Crippen MR) is 84.5 cm³/mol. The van der Waals surface area contributed by atoms with Crippen molar-refractivity contribution >= 4 is 6.09 Å². The summed E-state index contributed by atoms with van der Waals surface area (Å²) in [5.41, 5.74) is -0.402. The molecular weight excluding hydrogens is 266 g/mol. The van der Waals surface area contributed by atoms with Crippen LogP contribution in [0.15, 0.2) is 0 Å². The van der Waals surface area contributed by atoms with Crippen LogP contribution < -0.4 is 5.32 Å². The van der Waals surface area contributed by atoms with Crippen molar-refractivity contribution in [1.82, 2.24) is 15.1 Å². The SMILES string of the molecule is CC(C)(C)OC(=O)N1CCN(CCC2CCCCN2)CC1. The lowest BCUT2D eigenvalue weighted by molar-refractivity contribution is 0.0142. The molecule has 2 rings (SSSR count). The van der Waals surface area contributed by atoms with Crippen LogP contribution in [0.5, 0.6) is 0 Å². The van der Waals surface area contributed by atoms with Gasteiger partial charge in [-0.15, -0.1) is 0 Å². The van der Waals surface area contributed by atoms with E-state index in [1.807, 2.05) is 25.7 Å². The van der Waals surface area contributed by atoms with E-state index in [2.05, 4.69) is 10.2 Å². The summed E-state index contributed by atoms with van der Waals surface area (Å²) in [5, 5.41) is 3.60. The number of rotatable bonds is 3. The van der Waals surface area contributed by atoms with Crippen LogP contribution in [0.25, 0.3) is 0 Å². The van der Waals surface area contributed by atoms with Crippen LogP contribution in [-0.4, -0.2) is 66.8 Å². The molecule has 2 aliphatic heterocycles. The molecule has 5 heteroatoms. The third kappa shape index (κ3) is 5.83. The predicted octanol–water partition coefficient (Wildman–Crippen LogP) is 2.07. The first-order valence-electron chi connectivity index (χ1n) is 8.38. The summed E-state index contributed by atoms with van der Waals surface area (Å²) < 4.78 is 5.43. The molecule has 21 heavy (non-hydrogen) atoms. The van der Waals surface area contributed by atoms with Gasteiger partial charge in [0.25, 0.3) is 0 Å². The van der Waals surface area contributed by atoms with Crippen LogP contribution in [0, 0.1) is 0 Å². The molecule has 2 heterocycles. The van der Waals surface area contributed by atoms with E-state index in [1.165, 1.54) is 32.2 Å². The minimum atomic E-state index is -0.402. The Morgan fingerprint density at radius 3 is 2.48 bits per heavy atom. The van der Waals surface area contributed by atoms with E-state index < -0.39 is 5.60 Å². The Kier molecular flexibility index (Phi) is 5.88. The number of ether oxygens (including phenoxy) is 1. The first-order valence-corrected chi connectivity index (χ1v) is 8.38. The molecule has 1 amide bonds. The molecule has 2 fully saturated rings. The molecule has 1 unspecified atom stereocenters. The first kappa shape index (κ1) is 16.6. The maximum absolute atomic E-state index is 12.0. The van der Waals surface area contributed by atoms with Crippen LogP contribution in [0.4, 0.5) is 4.79 Å². The van der Waals surface area contributed by atoms with E-state index in [0.29, 0.717) is 6.04 Å². The maximum Gasteiger partial charge on any atom is 0.410 e. The number of carbonyl (C=O) groups is 1. The lowest BCUT2D eigenvalue weighted by Gasteiger charge is -2.36. The van der Waals surface area contributed by atoms with Crippen molar-refractivity contribution in [3.05, 3.63) is 0 Å². The van der Waals surface area contributed by atoms with Crippen molar-refractivity contribution in [3.63, 3.8) is 0 Å². The lowest BCUT2D eigenvalue weighted by Crippen LogP contribution is -2.50. The third-order valence-corrected chi connectivity index (χ3v) is 4.23. The number of hydrogen-bond acceptors (Lipinski definition) is 4. The van der Waals surface area contributed by atoms with Gasteiger partial charge in [0.05, 0.1) is 0 Å². The molecule has 1 N–H and O–H groups in total. The summed E-state index contributed by atoms with van der Waals surface area (Å²) in [6.45, 7) is 11.6. The molecule has 122 valence electrons. The topological polar surface area (TPSA) is 44.8 Å². The maximum atomic E-state index is 12.0. The van der Waals surface area contributed by atoms with Gasteiger partial charge in [-0.3, -0.25) is 4.90 Å². The average molecular weight is 297 g/mol. The van der Waals surface area contributed by atoms with E-state index >= 15 is 0 Å². The van der Waals surface area contributed by atoms with Gasteiger partial charge in [0.2, 0.25) is 0 Å². The van der Waals surface area contributed by atoms with E-state index in [9.17, 15) is 4.79 Å².